The predicted molar refractivity (Wildman–Crippen MR) is 183 cm³/mol. The number of amides is 1. The van der Waals surface area contributed by atoms with Gasteiger partial charge in [0.15, 0.2) is 37.6 Å². The molecule has 0 spiro atoms. The Morgan fingerprint density at radius 2 is 0.932 bits per heavy atom. The Balaban J connectivity index is 1.54. The molecule has 0 aromatic carbocycles. The molecule has 0 aromatic heterocycles. The monoisotopic (exact) mass is 863 g/mol. The van der Waals surface area contributed by atoms with Crippen LogP contribution in [0.3, 0.4) is 0 Å². The zero-order valence-electron chi connectivity index (χ0n) is 32.6. The third-order valence-corrected chi connectivity index (χ3v) is 10.9. The molecule has 0 aromatic rings. The number of hydrogen-bond donors (Lipinski definition) is 13. The van der Waals surface area contributed by atoms with Gasteiger partial charge >= 0.3 is 5.97 Å². The lowest BCUT2D eigenvalue weighted by molar-refractivity contribution is -0.408. The van der Waals surface area contributed by atoms with E-state index in [0.29, 0.717) is 0 Å². The highest BCUT2D eigenvalue weighted by Gasteiger charge is 2.57. The average Bonchev–Trinajstić information content (AvgIpc) is 3.18. The van der Waals surface area contributed by atoms with E-state index in [1.54, 1.807) is 0 Å². The molecule has 5 rings (SSSR count). The SMILES string of the molecule is CC(=O)NC1[C@H](OC2[C@H](OC3[C@H](O[C@H]4C(OC(C)=O)[C@H](O)OC(C)[C@@H]4O)OC(C)[C@H](O)[C@H]3O)OC(C)[C@H](O)[C@H]2O[C@H]2O[C@H](CO)[C@@H](O)C(O)C2O)OC(CO)[C@H](O)[C@@H]1O. The first-order valence-electron chi connectivity index (χ1n) is 19.1. The standard InChI is InChI=1S/C34H57NO24/c1-8-16(40)23(47)27(33(51-8)57-25-17(41)9(2)50-30(49)28(25)53-12(5)39)58-34-29(59-31-15(35-11(4)38)21(45)19(43)13(6-36)54-31)26(18(42)10(3)52-34)56-32-24(48)22(46)20(44)14(7-37)55-32/h8-10,13-34,36-37,40-49H,6-7H2,1-5H3,(H,35,38)/t8?,9?,10?,13?,14-,15?,16+,17+,18+,19+,20-,21-,22?,23-,24?,25-,26-,27?,28?,29?,30-,31+,32-,33+,34+/m1/s1. The number of aliphatic hydroxyl groups is 12. The van der Waals surface area contributed by atoms with E-state index in [2.05, 4.69) is 5.32 Å². The molecule has 0 bridgehead atoms. The van der Waals surface area contributed by atoms with Gasteiger partial charge in [-0.2, -0.15) is 0 Å². The molecule has 5 aliphatic heterocycles. The summed E-state index contributed by atoms with van der Waals surface area (Å²) in [6, 6.07) is -1.61. The van der Waals surface area contributed by atoms with Crippen LogP contribution in [0, 0.1) is 0 Å². The van der Waals surface area contributed by atoms with Crippen LogP contribution in [0.4, 0.5) is 0 Å². The molecule has 13 N–H and O–H groups in total. The van der Waals surface area contributed by atoms with Gasteiger partial charge in [0, 0.05) is 13.8 Å². The van der Waals surface area contributed by atoms with E-state index in [-0.39, 0.29) is 0 Å². The Hall–Kier alpha value is -1.90. The van der Waals surface area contributed by atoms with E-state index in [0.717, 1.165) is 13.8 Å². The van der Waals surface area contributed by atoms with Gasteiger partial charge in [-0.05, 0) is 20.8 Å². The molecule has 59 heavy (non-hydrogen) atoms. The number of ether oxygens (including phenoxy) is 10. The molecule has 25 atom stereocenters. The number of esters is 1. The highest BCUT2D eigenvalue weighted by molar-refractivity contribution is 5.73. The van der Waals surface area contributed by atoms with E-state index in [1.807, 2.05) is 0 Å². The summed E-state index contributed by atoms with van der Waals surface area (Å²) in [6.45, 7) is 4.40. The first-order chi connectivity index (χ1) is 27.7. The molecular weight excluding hydrogens is 806 g/mol. The van der Waals surface area contributed by atoms with Crippen molar-refractivity contribution in [2.75, 3.05) is 13.2 Å². The van der Waals surface area contributed by atoms with Crippen LogP contribution < -0.4 is 5.32 Å². The fourth-order valence-electron chi connectivity index (χ4n) is 7.51. The van der Waals surface area contributed by atoms with E-state index in [1.165, 1.54) is 20.8 Å². The molecule has 25 heteroatoms. The summed E-state index contributed by atoms with van der Waals surface area (Å²) in [5.74, 6) is -1.64. The summed E-state index contributed by atoms with van der Waals surface area (Å²) in [4.78, 5) is 24.2. The third-order valence-electron chi connectivity index (χ3n) is 10.9. The van der Waals surface area contributed by atoms with Gasteiger partial charge in [-0.25, -0.2) is 0 Å². The zero-order chi connectivity index (χ0) is 43.8. The summed E-state index contributed by atoms with van der Waals surface area (Å²) >= 11 is 0. The molecule has 10 unspecified atom stereocenters. The Bertz CT molecular complexity index is 1380. The van der Waals surface area contributed by atoms with Crippen LogP contribution >= 0.6 is 0 Å². The van der Waals surface area contributed by atoms with Crippen molar-refractivity contribution in [2.45, 2.75) is 188 Å². The van der Waals surface area contributed by atoms with Crippen LogP contribution in [0.15, 0.2) is 0 Å². The fraction of sp³-hybridized carbons (Fsp3) is 0.941. The lowest BCUT2D eigenvalue weighted by Crippen LogP contribution is -2.69. The first kappa shape index (κ1) is 48.1. The Labute approximate surface area is 336 Å². The highest BCUT2D eigenvalue weighted by Crippen LogP contribution is 2.37. The van der Waals surface area contributed by atoms with Gasteiger partial charge in [0.2, 0.25) is 5.91 Å². The van der Waals surface area contributed by atoms with Crippen molar-refractivity contribution >= 4 is 11.9 Å². The summed E-state index contributed by atoms with van der Waals surface area (Å²) in [7, 11) is 0. The van der Waals surface area contributed by atoms with Crippen LogP contribution in [0.2, 0.25) is 0 Å². The van der Waals surface area contributed by atoms with Gasteiger partial charge in [0.25, 0.3) is 0 Å². The fourth-order valence-corrected chi connectivity index (χ4v) is 7.51. The Morgan fingerprint density at radius 1 is 0.475 bits per heavy atom. The molecule has 5 fully saturated rings. The van der Waals surface area contributed by atoms with E-state index in [4.69, 9.17) is 47.4 Å². The van der Waals surface area contributed by atoms with Crippen molar-refractivity contribution in [2.24, 2.45) is 0 Å². The number of carbonyl (C=O) groups is 2. The van der Waals surface area contributed by atoms with Gasteiger partial charge < -0.3 is 114 Å². The number of carbonyl (C=O) groups excluding carboxylic acids is 2. The number of nitrogens with one attached hydrogen (secondary N) is 1. The second-order valence-corrected chi connectivity index (χ2v) is 15.2. The topological polar surface area (TPSA) is 381 Å². The molecule has 1 amide bonds. The summed E-state index contributed by atoms with van der Waals surface area (Å²) in [5, 5.41) is 131. The molecule has 342 valence electrons. The predicted octanol–water partition coefficient (Wildman–Crippen LogP) is -8.13. The molecule has 5 saturated heterocycles. The zero-order valence-corrected chi connectivity index (χ0v) is 32.6. The Kier molecular flexibility index (Phi) is 16.4. The van der Waals surface area contributed by atoms with Crippen LogP contribution in [0.5, 0.6) is 0 Å². The van der Waals surface area contributed by atoms with Crippen molar-refractivity contribution in [3.05, 3.63) is 0 Å². The van der Waals surface area contributed by atoms with E-state index >= 15 is 0 Å². The summed E-state index contributed by atoms with van der Waals surface area (Å²) < 4.78 is 58.0. The van der Waals surface area contributed by atoms with Crippen LogP contribution in [0.25, 0.3) is 0 Å². The Morgan fingerprint density at radius 3 is 1.49 bits per heavy atom. The third kappa shape index (κ3) is 10.3. The minimum Gasteiger partial charge on any atom is -0.454 e. The maximum absolute atomic E-state index is 12.3. The van der Waals surface area contributed by atoms with Crippen molar-refractivity contribution in [1.82, 2.24) is 5.32 Å². The van der Waals surface area contributed by atoms with E-state index in [9.17, 15) is 70.9 Å². The van der Waals surface area contributed by atoms with Crippen LogP contribution in [0.1, 0.15) is 34.6 Å². The molecule has 0 radical (unpaired) electrons. The van der Waals surface area contributed by atoms with Crippen molar-refractivity contribution in [1.29, 1.82) is 0 Å². The summed E-state index contributed by atoms with van der Waals surface area (Å²) in [6.07, 6.45) is -41.3. The molecule has 0 saturated carbocycles. The highest BCUT2D eigenvalue weighted by atomic mass is 16.8. The smallest absolute Gasteiger partial charge is 0.303 e. The second kappa shape index (κ2) is 20.1. The quantitative estimate of drug-likeness (QED) is 0.0810. The van der Waals surface area contributed by atoms with Crippen LogP contribution in [-0.2, 0) is 57.0 Å². The van der Waals surface area contributed by atoms with Gasteiger partial charge in [0.1, 0.15) is 97.6 Å². The van der Waals surface area contributed by atoms with Crippen LogP contribution in [-0.4, -0.2) is 240 Å². The number of rotatable bonds is 12. The maximum Gasteiger partial charge on any atom is 0.303 e. The van der Waals surface area contributed by atoms with Crippen molar-refractivity contribution in [3.63, 3.8) is 0 Å². The second-order valence-electron chi connectivity index (χ2n) is 15.2. The molecule has 0 aliphatic carbocycles. The molecule has 5 aliphatic rings. The van der Waals surface area contributed by atoms with Gasteiger partial charge in [-0.3, -0.25) is 9.59 Å². The minimum absolute atomic E-state index is 0.747. The first-order valence-corrected chi connectivity index (χ1v) is 19.1. The normalized spacial score (nSPS) is 50.8. The van der Waals surface area contributed by atoms with E-state index < -0.39 is 179 Å². The molecular formula is C34H57NO24. The summed E-state index contributed by atoms with van der Waals surface area (Å²) in [5.41, 5.74) is 0. The largest absolute Gasteiger partial charge is 0.454 e. The van der Waals surface area contributed by atoms with Gasteiger partial charge in [-0.1, -0.05) is 0 Å². The van der Waals surface area contributed by atoms with Gasteiger partial charge in [-0.15, -0.1) is 0 Å². The average molecular weight is 864 g/mol. The van der Waals surface area contributed by atoms with Gasteiger partial charge in [0.05, 0.1) is 31.5 Å². The number of aliphatic hydroxyl groups excluding tert-OH is 12. The molecule has 5 heterocycles. The number of hydrogen-bond acceptors (Lipinski definition) is 24. The lowest BCUT2D eigenvalue weighted by atomic mass is 9.95. The maximum atomic E-state index is 12.3. The lowest BCUT2D eigenvalue weighted by Gasteiger charge is -2.51. The van der Waals surface area contributed by atoms with Crippen molar-refractivity contribution in [3.8, 4) is 0 Å². The van der Waals surface area contributed by atoms with Crippen molar-refractivity contribution < 1.29 is 118 Å². The minimum atomic E-state index is -2.02. The molecule has 25 nitrogen and oxygen atoms in total.